The molecule has 3 heterocycles. The highest BCUT2D eigenvalue weighted by atomic mass is 19.4. The average molecular weight is 490 g/mol. The van der Waals surface area contributed by atoms with E-state index in [1.807, 2.05) is 6.07 Å². The summed E-state index contributed by atoms with van der Waals surface area (Å²) < 4.78 is 53.6. The number of hydrogen-bond acceptors (Lipinski definition) is 5. The topological polar surface area (TPSA) is 68.1 Å². The van der Waals surface area contributed by atoms with Crippen LogP contribution in [0.25, 0.3) is 11.3 Å². The molecule has 0 saturated carbocycles. The van der Waals surface area contributed by atoms with Crippen molar-refractivity contribution in [2.75, 3.05) is 0 Å². The van der Waals surface area contributed by atoms with E-state index in [9.17, 15) is 22.4 Å². The Hall–Kier alpha value is -4.27. The predicted molar refractivity (Wildman–Crippen MR) is 126 cm³/mol. The van der Waals surface area contributed by atoms with E-state index in [0.29, 0.717) is 35.5 Å². The largest absolute Gasteiger partial charge is 0.416 e. The molecule has 0 spiro atoms. The summed E-state index contributed by atoms with van der Waals surface area (Å²) in [4.78, 5) is 30.2. The van der Waals surface area contributed by atoms with Crippen molar-refractivity contribution in [3.8, 4) is 11.3 Å². The number of nitrogens with zero attached hydrogens (tertiary/aromatic N) is 4. The van der Waals surface area contributed by atoms with Gasteiger partial charge in [-0.15, -0.1) is 0 Å². The van der Waals surface area contributed by atoms with Crippen LogP contribution in [0.4, 0.5) is 23.2 Å². The molecule has 1 aliphatic rings. The summed E-state index contributed by atoms with van der Waals surface area (Å²) in [5, 5.41) is 0. The van der Waals surface area contributed by atoms with Crippen LogP contribution >= 0.6 is 0 Å². The Balaban J connectivity index is 1.42. The molecule has 0 unspecified atom stereocenters. The van der Waals surface area contributed by atoms with E-state index in [4.69, 9.17) is 0 Å². The summed E-state index contributed by atoms with van der Waals surface area (Å²) in [6.45, 7) is 0. The van der Waals surface area contributed by atoms with Crippen molar-refractivity contribution in [3.63, 3.8) is 0 Å². The third-order valence-corrected chi connectivity index (χ3v) is 5.89. The molecule has 180 valence electrons. The number of rotatable bonds is 6. The highest BCUT2D eigenvalue weighted by Crippen LogP contribution is 2.35. The van der Waals surface area contributed by atoms with Crippen LogP contribution < -0.4 is 0 Å². The van der Waals surface area contributed by atoms with Crippen LogP contribution in [-0.2, 0) is 25.4 Å². The Labute approximate surface area is 203 Å². The molecule has 1 aliphatic heterocycles. The zero-order chi connectivity index (χ0) is 25.3. The van der Waals surface area contributed by atoms with Crippen molar-refractivity contribution >= 4 is 17.7 Å². The van der Waals surface area contributed by atoms with Gasteiger partial charge in [0.25, 0.3) is 0 Å². The molecule has 0 atom stereocenters. The van der Waals surface area contributed by atoms with Gasteiger partial charge in [0.15, 0.2) is 5.78 Å². The van der Waals surface area contributed by atoms with E-state index < -0.39 is 23.3 Å². The van der Waals surface area contributed by atoms with Gasteiger partial charge in [-0.25, -0.2) is 14.4 Å². The molecule has 5 nitrogen and oxygen atoms in total. The van der Waals surface area contributed by atoms with Crippen molar-refractivity contribution in [2.45, 2.75) is 25.4 Å². The lowest BCUT2D eigenvalue weighted by Gasteiger charge is -2.12. The Bertz CT molecular complexity index is 1500. The minimum Gasteiger partial charge on any atom is -0.294 e. The molecule has 0 saturated heterocycles. The van der Waals surface area contributed by atoms with Gasteiger partial charge in [-0.2, -0.15) is 13.2 Å². The van der Waals surface area contributed by atoms with Crippen LogP contribution in [0.1, 0.15) is 38.4 Å². The molecule has 0 bridgehead atoms. The normalized spacial score (nSPS) is 12.6. The van der Waals surface area contributed by atoms with Crippen LogP contribution in [0.2, 0.25) is 0 Å². The number of benzene rings is 2. The van der Waals surface area contributed by atoms with Crippen molar-refractivity contribution in [3.05, 3.63) is 107 Å². The predicted octanol–water partition coefficient (Wildman–Crippen LogP) is 5.97. The lowest BCUT2D eigenvalue weighted by atomic mass is 9.97. The maximum Gasteiger partial charge on any atom is 0.416 e. The number of Topliss-reactive ketones (excluding diaryl/α,β-unsaturated/α-hetero) is 1. The van der Waals surface area contributed by atoms with E-state index in [1.165, 1.54) is 24.5 Å². The van der Waals surface area contributed by atoms with Gasteiger partial charge in [0.1, 0.15) is 23.5 Å². The standard InChI is InChI=1S/C27H18F4N4O/c28-21-7-6-16(11-18(21)14-24(36)17-3-1-4-19(13-17)27(29,30)31)12-23-20(5-2-9-32-23)25-26-22(8-10-33-26)34-15-35-25/h1-7,9-11,13,15H,8,12,14H2. The van der Waals surface area contributed by atoms with Gasteiger partial charge in [0.2, 0.25) is 0 Å². The molecular weight excluding hydrogens is 472 g/mol. The fraction of sp³-hybridized carbons (Fsp3) is 0.148. The number of pyridine rings is 1. The van der Waals surface area contributed by atoms with Gasteiger partial charge in [-0.05, 0) is 41.5 Å². The zero-order valence-electron chi connectivity index (χ0n) is 18.8. The number of aliphatic imine (C=N–C) groups is 1. The van der Waals surface area contributed by atoms with E-state index in [0.717, 1.165) is 23.4 Å². The number of fused-ring (bicyclic) bond motifs is 1. The maximum absolute atomic E-state index is 14.6. The Morgan fingerprint density at radius 1 is 0.972 bits per heavy atom. The molecular formula is C27H18F4N4O. The summed E-state index contributed by atoms with van der Waals surface area (Å²) in [5.41, 5.74) is 3.36. The minimum atomic E-state index is -4.57. The fourth-order valence-corrected chi connectivity index (χ4v) is 4.13. The van der Waals surface area contributed by atoms with Crippen LogP contribution in [0.15, 0.2) is 72.1 Å². The summed E-state index contributed by atoms with van der Waals surface area (Å²) in [6, 6.07) is 12.2. The first-order chi connectivity index (χ1) is 17.3. The van der Waals surface area contributed by atoms with Gasteiger partial charge in [0.05, 0.1) is 17.0 Å². The number of aromatic nitrogens is 3. The Kier molecular flexibility index (Phi) is 6.13. The third kappa shape index (κ3) is 4.77. The second kappa shape index (κ2) is 9.41. The summed E-state index contributed by atoms with van der Waals surface area (Å²) in [6.07, 6.45) is 0.902. The van der Waals surface area contributed by atoms with Crippen molar-refractivity contribution in [1.82, 2.24) is 15.0 Å². The molecule has 2 aromatic carbocycles. The molecule has 0 N–H and O–H groups in total. The number of carbonyl (C=O) groups is 1. The van der Waals surface area contributed by atoms with Gasteiger partial charge in [0, 0.05) is 42.8 Å². The molecule has 0 radical (unpaired) electrons. The summed E-state index contributed by atoms with van der Waals surface area (Å²) >= 11 is 0. The van der Waals surface area contributed by atoms with E-state index in [1.54, 1.807) is 30.6 Å². The number of halogens is 4. The van der Waals surface area contributed by atoms with E-state index in [-0.39, 0.29) is 17.5 Å². The minimum absolute atomic E-state index is 0.0971. The SMILES string of the molecule is O=C(Cc1cc(Cc2ncccc2-c2ncnc3c2N=CC3)ccc1F)c1cccc(C(F)(F)F)c1. The molecule has 5 rings (SSSR count). The number of ketones is 1. The molecule has 0 aliphatic carbocycles. The first-order valence-electron chi connectivity index (χ1n) is 11.1. The van der Waals surface area contributed by atoms with Crippen LogP contribution in [-0.4, -0.2) is 26.9 Å². The Morgan fingerprint density at radius 3 is 2.67 bits per heavy atom. The van der Waals surface area contributed by atoms with Gasteiger partial charge in [-0.3, -0.25) is 14.8 Å². The molecule has 0 amide bonds. The van der Waals surface area contributed by atoms with Crippen molar-refractivity contribution in [1.29, 1.82) is 0 Å². The van der Waals surface area contributed by atoms with Crippen LogP contribution in [0, 0.1) is 5.82 Å². The molecule has 4 aromatic rings. The molecule has 9 heteroatoms. The van der Waals surface area contributed by atoms with Crippen LogP contribution in [0.3, 0.4) is 0 Å². The zero-order valence-corrected chi connectivity index (χ0v) is 18.8. The fourth-order valence-electron chi connectivity index (χ4n) is 4.13. The number of carbonyl (C=O) groups excluding carboxylic acids is 1. The van der Waals surface area contributed by atoms with Gasteiger partial charge < -0.3 is 0 Å². The van der Waals surface area contributed by atoms with Gasteiger partial charge >= 0.3 is 6.18 Å². The Morgan fingerprint density at radius 2 is 1.83 bits per heavy atom. The second-order valence-electron chi connectivity index (χ2n) is 8.31. The van der Waals surface area contributed by atoms with E-state index in [2.05, 4.69) is 19.9 Å². The van der Waals surface area contributed by atoms with Crippen LogP contribution in [0.5, 0.6) is 0 Å². The lowest BCUT2D eigenvalue weighted by Crippen LogP contribution is -2.10. The smallest absolute Gasteiger partial charge is 0.294 e. The highest BCUT2D eigenvalue weighted by molar-refractivity contribution is 5.97. The molecule has 0 fully saturated rings. The third-order valence-electron chi connectivity index (χ3n) is 5.89. The second-order valence-corrected chi connectivity index (χ2v) is 8.31. The number of alkyl halides is 3. The van der Waals surface area contributed by atoms with Crippen molar-refractivity contribution < 1.29 is 22.4 Å². The average Bonchev–Trinajstić information content (AvgIpc) is 3.35. The first kappa shape index (κ1) is 23.5. The highest BCUT2D eigenvalue weighted by Gasteiger charge is 2.31. The van der Waals surface area contributed by atoms with Crippen molar-refractivity contribution in [2.24, 2.45) is 4.99 Å². The first-order valence-corrected chi connectivity index (χ1v) is 11.1. The molecule has 36 heavy (non-hydrogen) atoms. The number of hydrogen-bond donors (Lipinski definition) is 0. The van der Waals surface area contributed by atoms with Gasteiger partial charge in [-0.1, -0.05) is 24.3 Å². The lowest BCUT2D eigenvalue weighted by molar-refractivity contribution is -0.137. The maximum atomic E-state index is 14.6. The summed E-state index contributed by atoms with van der Waals surface area (Å²) in [7, 11) is 0. The van der Waals surface area contributed by atoms with E-state index >= 15 is 0 Å². The summed E-state index contributed by atoms with van der Waals surface area (Å²) in [5.74, 6) is -1.21. The molecule has 2 aromatic heterocycles. The monoisotopic (exact) mass is 490 g/mol. The quantitative estimate of drug-likeness (QED) is 0.247.